The molecule has 0 spiro atoms. The number of benzene rings is 2. The number of anilines is 1. The number of carbonyl (C=O) groups excluding carboxylic acids is 1. The first kappa shape index (κ1) is 17.9. The minimum atomic E-state index is 0.104. The molecule has 0 atom stereocenters. The maximum absolute atomic E-state index is 12.8. The standard InChI is InChI=1S/C21H21BrN4O/c1-2-15-3-5-16(6-4-15)21(27)26-11-9-25(10-12-26)20-18-13-17(22)7-8-19(18)23-14-24-20/h3-8,13-14H,2,9-12H2,1H3. The van der Waals surface area contributed by atoms with Gasteiger partial charge >= 0.3 is 0 Å². The summed E-state index contributed by atoms with van der Waals surface area (Å²) in [5, 5.41) is 1.03. The molecule has 138 valence electrons. The summed E-state index contributed by atoms with van der Waals surface area (Å²) in [6, 6.07) is 14.0. The SMILES string of the molecule is CCc1ccc(C(=O)N2CCN(c3ncnc4ccc(Br)cc34)CC2)cc1. The van der Waals surface area contributed by atoms with Crippen molar-refractivity contribution < 1.29 is 4.79 Å². The topological polar surface area (TPSA) is 49.3 Å². The molecule has 27 heavy (non-hydrogen) atoms. The Morgan fingerprint density at radius 1 is 1.04 bits per heavy atom. The van der Waals surface area contributed by atoms with Crippen molar-refractivity contribution in [3.05, 3.63) is 64.4 Å². The zero-order valence-corrected chi connectivity index (χ0v) is 16.8. The molecule has 1 fully saturated rings. The lowest BCUT2D eigenvalue weighted by molar-refractivity contribution is 0.0746. The van der Waals surface area contributed by atoms with E-state index in [9.17, 15) is 4.79 Å². The smallest absolute Gasteiger partial charge is 0.253 e. The molecule has 4 rings (SSSR count). The molecule has 5 nitrogen and oxygen atoms in total. The summed E-state index contributed by atoms with van der Waals surface area (Å²) >= 11 is 3.53. The van der Waals surface area contributed by atoms with Crippen LogP contribution >= 0.6 is 15.9 Å². The maximum Gasteiger partial charge on any atom is 0.253 e. The zero-order valence-electron chi connectivity index (χ0n) is 15.2. The summed E-state index contributed by atoms with van der Waals surface area (Å²) in [5.41, 5.74) is 2.94. The van der Waals surface area contributed by atoms with E-state index in [2.05, 4.69) is 43.8 Å². The molecule has 1 saturated heterocycles. The molecule has 2 aromatic carbocycles. The van der Waals surface area contributed by atoms with Gasteiger partial charge in [-0.3, -0.25) is 4.79 Å². The lowest BCUT2D eigenvalue weighted by Crippen LogP contribution is -2.49. The fourth-order valence-corrected chi connectivity index (χ4v) is 3.82. The molecule has 0 N–H and O–H groups in total. The van der Waals surface area contributed by atoms with Crippen LogP contribution in [-0.4, -0.2) is 47.0 Å². The number of hydrogen-bond acceptors (Lipinski definition) is 4. The van der Waals surface area contributed by atoms with Gasteiger partial charge < -0.3 is 9.80 Å². The van der Waals surface area contributed by atoms with Gasteiger partial charge in [0.05, 0.1) is 5.52 Å². The second-order valence-corrected chi connectivity index (χ2v) is 7.60. The summed E-state index contributed by atoms with van der Waals surface area (Å²) in [5.74, 6) is 1.04. The Morgan fingerprint density at radius 3 is 2.48 bits per heavy atom. The number of amides is 1. The van der Waals surface area contributed by atoms with Gasteiger partial charge in [0, 0.05) is 41.6 Å². The molecule has 0 aliphatic carbocycles. The van der Waals surface area contributed by atoms with Crippen LogP contribution in [0, 0.1) is 0 Å². The van der Waals surface area contributed by atoms with Crippen LogP contribution in [0.2, 0.25) is 0 Å². The summed E-state index contributed by atoms with van der Waals surface area (Å²) in [7, 11) is 0. The highest BCUT2D eigenvalue weighted by Crippen LogP contribution is 2.27. The molecule has 1 aromatic heterocycles. The van der Waals surface area contributed by atoms with Gasteiger partial charge in [-0.15, -0.1) is 0 Å². The van der Waals surface area contributed by atoms with Gasteiger partial charge in [0.1, 0.15) is 12.1 Å². The number of nitrogens with zero attached hydrogens (tertiary/aromatic N) is 4. The van der Waals surface area contributed by atoms with Crippen molar-refractivity contribution >= 4 is 38.6 Å². The van der Waals surface area contributed by atoms with E-state index >= 15 is 0 Å². The monoisotopic (exact) mass is 424 g/mol. The maximum atomic E-state index is 12.8. The third kappa shape index (κ3) is 3.67. The van der Waals surface area contributed by atoms with E-state index in [1.54, 1.807) is 6.33 Å². The molecule has 1 amide bonds. The number of aryl methyl sites for hydroxylation is 1. The molecule has 2 heterocycles. The average Bonchev–Trinajstić information content (AvgIpc) is 2.73. The quantitative estimate of drug-likeness (QED) is 0.639. The third-order valence-corrected chi connectivity index (χ3v) is 5.55. The van der Waals surface area contributed by atoms with Gasteiger partial charge in [-0.2, -0.15) is 0 Å². The lowest BCUT2D eigenvalue weighted by Gasteiger charge is -2.35. The van der Waals surface area contributed by atoms with Gasteiger partial charge in [-0.25, -0.2) is 9.97 Å². The lowest BCUT2D eigenvalue weighted by atomic mass is 10.1. The minimum absolute atomic E-state index is 0.104. The van der Waals surface area contributed by atoms with Crippen LogP contribution in [0.4, 0.5) is 5.82 Å². The molecule has 3 aromatic rings. The molecule has 0 unspecified atom stereocenters. The molecule has 0 saturated carbocycles. The summed E-state index contributed by atoms with van der Waals surface area (Å²) < 4.78 is 1.01. The number of carbonyl (C=O) groups is 1. The fourth-order valence-electron chi connectivity index (χ4n) is 3.45. The summed E-state index contributed by atoms with van der Waals surface area (Å²) in [4.78, 5) is 25.8. The number of piperazine rings is 1. The van der Waals surface area contributed by atoms with Crippen LogP contribution in [0.25, 0.3) is 10.9 Å². The minimum Gasteiger partial charge on any atom is -0.352 e. The van der Waals surface area contributed by atoms with Crippen molar-refractivity contribution in [2.24, 2.45) is 0 Å². The predicted octanol–water partition coefficient (Wildman–Crippen LogP) is 3.92. The highest BCUT2D eigenvalue weighted by molar-refractivity contribution is 9.10. The van der Waals surface area contributed by atoms with Crippen LogP contribution in [0.1, 0.15) is 22.8 Å². The second kappa shape index (κ2) is 7.64. The molecule has 0 radical (unpaired) electrons. The average molecular weight is 425 g/mol. The Bertz CT molecular complexity index is 966. The van der Waals surface area contributed by atoms with Gasteiger partial charge in [0.25, 0.3) is 5.91 Å². The van der Waals surface area contributed by atoms with Crippen molar-refractivity contribution in [1.29, 1.82) is 0 Å². The summed E-state index contributed by atoms with van der Waals surface area (Å²) in [6.07, 6.45) is 2.59. The first-order chi connectivity index (χ1) is 13.2. The van der Waals surface area contributed by atoms with Crippen molar-refractivity contribution in [2.45, 2.75) is 13.3 Å². The largest absolute Gasteiger partial charge is 0.352 e. The van der Waals surface area contributed by atoms with E-state index in [1.165, 1.54) is 5.56 Å². The number of aromatic nitrogens is 2. The Kier molecular flexibility index (Phi) is 5.07. The van der Waals surface area contributed by atoms with E-state index in [0.717, 1.165) is 46.3 Å². The van der Waals surface area contributed by atoms with Gasteiger partial charge in [-0.1, -0.05) is 35.0 Å². The number of hydrogen-bond donors (Lipinski definition) is 0. The zero-order chi connectivity index (χ0) is 18.8. The van der Waals surface area contributed by atoms with Gasteiger partial charge in [0.2, 0.25) is 0 Å². The Morgan fingerprint density at radius 2 is 1.78 bits per heavy atom. The molecule has 1 aliphatic rings. The van der Waals surface area contributed by atoms with E-state index in [1.807, 2.05) is 41.3 Å². The van der Waals surface area contributed by atoms with Gasteiger partial charge in [-0.05, 0) is 42.3 Å². The van der Waals surface area contributed by atoms with Crippen molar-refractivity contribution in [1.82, 2.24) is 14.9 Å². The van der Waals surface area contributed by atoms with E-state index in [0.29, 0.717) is 13.1 Å². The molecular weight excluding hydrogens is 404 g/mol. The van der Waals surface area contributed by atoms with Crippen molar-refractivity contribution in [3.63, 3.8) is 0 Å². The highest BCUT2D eigenvalue weighted by Gasteiger charge is 2.24. The van der Waals surface area contributed by atoms with Crippen LogP contribution in [0.3, 0.4) is 0 Å². The molecule has 6 heteroatoms. The first-order valence-corrected chi connectivity index (χ1v) is 9.98. The number of rotatable bonds is 3. The molecular formula is C21H21BrN4O. The highest BCUT2D eigenvalue weighted by atomic mass is 79.9. The molecule has 1 aliphatic heterocycles. The third-order valence-electron chi connectivity index (χ3n) is 5.05. The Labute approximate surface area is 167 Å². The van der Waals surface area contributed by atoms with Crippen LogP contribution in [0.5, 0.6) is 0 Å². The van der Waals surface area contributed by atoms with Crippen LogP contribution < -0.4 is 4.90 Å². The van der Waals surface area contributed by atoms with Crippen molar-refractivity contribution in [2.75, 3.05) is 31.1 Å². The Balaban J connectivity index is 1.49. The van der Waals surface area contributed by atoms with Crippen LogP contribution in [0.15, 0.2) is 53.3 Å². The van der Waals surface area contributed by atoms with E-state index in [-0.39, 0.29) is 5.91 Å². The molecule has 0 bridgehead atoms. The number of fused-ring (bicyclic) bond motifs is 1. The first-order valence-electron chi connectivity index (χ1n) is 9.19. The van der Waals surface area contributed by atoms with Crippen LogP contribution in [-0.2, 0) is 6.42 Å². The van der Waals surface area contributed by atoms with E-state index < -0.39 is 0 Å². The predicted molar refractivity (Wildman–Crippen MR) is 111 cm³/mol. The van der Waals surface area contributed by atoms with E-state index in [4.69, 9.17) is 0 Å². The number of halogens is 1. The Hall–Kier alpha value is -2.47. The fraction of sp³-hybridized carbons (Fsp3) is 0.286. The summed E-state index contributed by atoms with van der Waals surface area (Å²) in [6.45, 7) is 5.02. The second-order valence-electron chi connectivity index (χ2n) is 6.69. The normalized spacial score (nSPS) is 14.6. The van der Waals surface area contributed by atoms with Gasteiger partial charge in [0.15, 0.2) is 0 Å². The van der Waals surface area contributed by atoms with Crippen molar-refractivity contribution in [3.8, 4) is 0 Å².